The molecule has 1 heterocycles. The number of benzene rings is 2. The predicted octanol–water partition coefficient (Wildman–Crippen LogP) is 1.04. The van der Waals surface area contributed by atoms with Crippen LogP contribution in [0.1, 0.15) is 21.5 Å². The summed E-state index contributed by atoms with van der Waals surface area (Å²) in [5, 5.41) is 29.1. The quantitative estimate of drug-likeness (QED) is 0.718. The molecule has 0 unspecified atom stereocenters. The first-order valence-corrected chi connectivity index (χ1v) is 7.99. The summed E-state index contributed by atoms with van der Waals surface area (Å²) in [6, 6.07) is 13.8. The van der Waals surface area contributed by atoms with E-state index < -0.39 is 24.6 Å². The fourth-order valence-electron chi connectivity index (χ4n) is 2.60. The molecular weight excluding hydrogens is 324 g/mol. The van der Waals surface area contributed by atoms with E-state index in [1.54, 1.807) is 36.4 Å². The molecule has 3 rings (SSSR count). The van der Waals surface area contributed by atoms with Crippen LogP contribution in [0.15, 0.2) is 48.5 Å². The van der Waals surface area contributed by atoms with E-state index in [-0.39, 0.29) is 12.4 Å². The molecule has 0 saturated carbocycles. The van der Waals surface area contributed by atoms with Crippen LogP contribution in [0.3, 0.4) is 0 Å². The van der Waals surface area contributed by atoms with Gasteiger partial charge in [0.15, 0.2) is 5.78 Å². The van der Waals surface area contributed by atoms with Crippen molar-refractivity contribution in [3.05, 3.63) is 65.2 Å². The van der Waals surface area contributed by atoms with Gasteiger partial charge in [-0.2, -0.15) is 0 Å². The van der Waals surface area contributed by atoms with Crippen molar-refractivity contribution in [3.63, 3.8) is 0 Å². The van der Waals surface area contributed by atoms with Crippen molar-refractivity contribution in [2.75, 3.05) is 6.61 Å². The highest BCUT2D eigenvalue weighted by molar-refractivity contribution is 6.09. The van der Waals surface area contributed by atoms with Gasteiger partial charge >= 0.3 is 0 Å². The Morgan fingerprint density at radius 2 is 1.76 bits per heavy atom. The summed E-state index contributed by atoms with van der Waals surface area (Å²) < 4.78 is 10.7. The van der Waals surface area contributed by atoms with Gasteiger partial charge in [0.05, 0.1) is 6.61 Å². The Bertz CT molecular complexity index is 742. The van der Waals surface area contributed by atoms with Crippen molar-refractivity contribution >= 4 is 5.78 Å². The van der Waals surface area contributed by atoms with Crippen molar-refractivity contribution < 1.29 is 29.6 Å². The molecule has 1 aliphatic heterocycles. The summed E-state index contributed by atoms with van der Waals surface area (Å²) in [5.74, 6) is 0.177. The van der Waals surface area contributed by atoms with Crippen LogP contribution < -0.4 is 4.74 Å². The second-order valence-corrected chi connectivity index (χ2v) is 6.09. The van der Waals surface area contributed by atoms with E-state index >= 15 is 0 Å². The minimum atomic E-state index is -1.39. The molecular formula is C19H20O6. The number of aliphatic hydroxyl groups is 3. The average molecular weight is 344 g/mol. The molecule has 6 heteroatoms. The van der Waals surface area contributed by atoms with Crippen molar-refractivity contribution in [2.24, 2.45) is 0 Å². The number of rotatable bonds is 4. The van der Waals surface area contributed by atoms with Gasteiger partial charge in [0, 0.05) is 11.1 Å². The zero-order valence-electron chi connectivity index (χ0n) is 13.7. The third kappa shape index (κ3) is 3.88. The molecule has 1 aliphatic rings. The van der Waals surface area contributed by atoms with E-state index in [1.165, 1.54) is 0 Å². The fourth-order valence-corrected chi connectivity index (χ4v) is 2.60. The van der Waals surface area contributed by atoms with Gasteiger partial charge < -0.3 is 24.8 Å². The smallest absolute Gasteiger partial charge is 0.228 e. The summed E-state index contributed by atoms with van der Waals surface area (Å²) in [7, 11) is 0. The second kappa shape index (κ2) is 7.33. The largest absolute Gasteiger partial charge is 0.462 e. The molecule has 3 N–H and O–H groups in total. The average Bonchev–Trinajstić information content (AvgIpc) is 2.62. The standard InChI is InChI=1S/C19H20O6/c1-11-5-7-12(8-6-11)16(21)13-3-2-4-14(9-13)25-19-18(23)17(22)15(20)10-24-19/h2-9,15,17-20,22-23H,10H2,1H3/t15-,17+,18-,19+/m1/s1. The highest BCUT2D eigenvalue weighted by atomic mass is 16.7. The fraction of sp³-hybridized carbons (Fsp3) is 0.316. The number of hydrogen-bond acceptors (Lipinski definition) is 6. The number of aryl methyl sites for hydroxylation is 1. The van der Waals surface area contributed by atoms with E-state index in [0.29, 0.717) is 16.9 Å². The summed E-state index contributed by atoms with van der Waals surface area (Å²) in [4.78, 5) is 12.6. The maximum Gasteiger partial charge on any atom is 0.228 e. The molecule has 6 nitrogen and oxygen atoms in total. The maximum atomic E-state index is 12.6. The molecule has 132 valence electrons. The molecule has 2 aromatic rings. The van der Waals surface area contributed by atoms with Gasteiger partial charge in [-0.25, -0.2) is 0 Å². The lowest BCUT2D eigenvalue weighted by atomic mass is 10.0. The van der Waals surface area contributed by atoms with Gasteiger partial charge in [-0.05, 0) is 19.1 Å². The Balaban J connectivity index is 1.75. The van der Waals surface area contributed by atoms with Crippen LogP contribution >= 0.6 is 0 Å². The molecule has 4 atom stereocenters. The number of carbonyl (C=O) groups excluding carboxylic acids is 1. The van der Waals surface area contributed by atoms with Gasteiger partial charge in [-0.3, -0.25) is 4.79 Å². The van der Waals surface area contributed by atoms with Crippen LogP contribution in [-0.2, 0) is 4.74 Å². The molecule has 0 aromatic heterocycles. The minimum Gasteiger partial charge on any atom is -0.462 e. The molecule has 0 radical (unpaired) electrons. The van der Waals surface area contributed by atoms with Gasteiger partial charge in [0.1, 0.15) is 24.1 Å². The monoisotopic (exact) mass is 344 g/mol. The Kier molecular flexibility index (Phi) is 5.15. The predicted molar refractivity (Wildman–Crippen MR) is 89.4 cm³/mol. The van der Waals surface area contributed by atoms with Crippen LogP contribution in [0.25, 0.3) is 0 Å². The molecule has 0 amide bonds. The van der Waals surface area contributed by atoms with E-state index in [1.807, 2.05) is 19.1 Å². The van der Waals surface area contributed by atoms with Crippen LogP contribution in [0.5, 0.6) is 5.75 Å². The Hall–Kier alpha value is -2.25. The van der Waals surface area contributed by atoms with Crippen molar-refractivity contribution in [3.8, 4) is 5.75 Å². The molecule has 1 saturated heterocycles. The minimum absolute atomic E-state index is 0.147. The lowest BCUT2D eigenvalue weighted by molar-refractivity contribution is -0.242. The van der Waals surface area contributed by atoms with Crippen molar-refractivity contribution in [2.45, 2.75) is 31.5 Å². The van der Waals surface area contributed by atoms with Gasteiger partial charge in [-0.1, -0.05) is 42.0 Å². The number of aliphatic hydroxyl groups excluding tert-OH is 3. The van der Waals surface area contributed by atoms with Crippen molar-refractivity contribution in [1.82, 2.24) is 0 Å². The van der Waals surface area contributed by atoms with E-state index in [2.05, 4.69) is 0 Å². The number of ketones is 1. The Morgan fingerprint density at radius 3 is 2.48 bits per heavy atom. The molecule has 2 aromatic carbocycles. The maximum absolute atomic E-state index is 12.6. The number of hydrogen-bond donors (Lipinski definition) is 3. The third-order valence-electron chi connectivity index (χ3n) is 4.12. The SMILES string of the molecule is Cc1ccc(C(=O)c2cccc(O[C@@H]3OC[C@@H](O)[C@H](O)[C@H]3O)c2)cc1. The zero-order valence-corrected chi connectivity index (χ0v) is 13.7. The van der Waals surface area contributed by atoms with E-state index in [4.69, 9.17) is 9.47 Å². The zero-order chi connectivity index (χ0) is 18.0. The van der Waals surface area contributed by atoms with Crippen molar-refractivity contribution in [1.29, 1.82) is 0 Å². The third-order valence-corrected chi connectivity index (χ3v) is 4.12. The first-order chi connectivity index (χ1) is 12.0. The first-order valence-electron chi connectivity index (χ1n) is 7.99. The van der Waals surface area contributed by atoms with Crippen LogP contribution in [0, 0.1) is 6.92 Å². The van der Waals surface area contributed by atoms with E-state index in [9.17, 15) is 20.1 Å². The van der Waals surface area contributed by atoms with Crippen LogP contribution in [0.4, 0.5) is 0 Å². The van der Waals surface area contributed by atoms with Crippen LogP contribution in [0.2, 0.25) is 0 Å². The molecule has 25 heavy (non-hydrogen) atoms. The Labute approximate surface area is 145 Å². The van der Waals surface area contributed by atoms with Crippen LogP contribution in [-0.4, -0.2) is 52.3 Å². The van der Waals surface area contributed by atoms with Gasteiger partial charge in [0.2, 0.25) is 6.29 Å². The Morgan fingerprint density at radius 1 is 1.04 bits per heavy atom. The van der Waals surface area contributed by atoms with Gasteiger partial charge in [-0.15, -0.1) is 0 Å². The lowest BCUT2D eigenvalue weighted by Gasteiger charge is -2.34. The summed E-state index contributed by atoms with van der Waals surface area (Å²) in [5.41, 5.74) is 2.07. The first kappa shape index (κ1) is 17.6. The molecule has 0 aliphatic carbocycles. The normalized spacial score (nSPS) is 26.2. The topological polar surface area (TPSA) is 96.2 Å². The molecule has 0 bridgehead atoms. The highest BCUT2D eigenvalue weighted by Crippen LogP contribution is 2.22. The summed E-state index contributed by atoms with van der Waals surface area (Å²) in [6.45, 7) is 1.80. The number of ether oxygens (including phenoxy) is 2. The van der Waals surface area contributed by atoms with E-state index in [0.717, 1.165) is 5.56 Å². The molecule has 1 fully saturated rings. The van der Waals surface area contributed by atoms with Gasteiger partial charge in [0.25, 0.3) is 0 Å². The number of carbonyl (C=O) groups is 1. The summed E-state index contributed by atoms with van der Waals surface area (Å²) >= 11 is 0. The lowest BCUT2D eigenvalue weighted by Crippen LogP contribution is -2.54. The summed E-state index contributed by atoms with van der Waals surface area (Å²) in [6.07, 6.45) is -5.02. The molecule has 0 spiro atoms. The second-order valence-electron chi connectivity index (χ2n) is 6.09. The highest BCUT2D eigenvalue weighted by Gasteiger charge is 2.39.